The number of aryl methyl sites for hydroxylation is 1. The number of aromatic carboxylic acids is 1. The van der Waals surface area contributed by atoms with Gasteiger partial charge in [-0.05, 0) is 48.4 Å². The maximum absolute atomic E-state index is 10.9. The highest BCUT2D eigenvalue weighted by atomic mass is 16.4. The van der Waals surface area contributed by atoms with Gasteiger partial charge in [0, 0.05) is 11.1 Å². The number of fused-ring (bicyclic) bond motifs is 1. The van der Waals surface area contributed by atoms with Crippen molar-refractivity contribution in [2.24, 2.45) is 0 Å². The molecule has 4 aromatic rings. The molecule has 0 aliphatic rings. The number of carboxylic acids is 1. The van der Waals surface area contributed by atoms with Crippen LogP contribution in [0.2, 0.25) is 0 Å². The van der Waals surface area contributed by atoms with Crippen molar-refractivity contribution in [1.29, 1.82) is 0 Å². The molecule has 0 aliphatic heterocycles. The maximum Gasteiger partial charge on any atom is 0.335 e. The van der Waals surface area contributed by atoms with Crippen LogP contribution in [0, 0.1) is 6.92 Å². The van der Waals surface area contributed by atoms with Crippen LogP contribution in [0.3, 0.4) is 0 Å². The van der Waals surface area contributed by atoms with Gasteiger partial charge in [0.15, 0.2) is 5.76 Å². The van der Waals surface area contributed by atoms with E-state index in [1.54, 1.807) is 24.3 Å². The number of hydrogen-bond donors (Lipinski definition) is 2. The van der Waals surface area contributed by atoms with Gasteiger partial charge in [-0.15, -0.1) is 0 Å². The molecular formula is C20H15NO3. The van der Waals surface area contributed by atoms with Crippen LogP contribution in [0.25, 0.3) is 33.7 Å². The van der Waals surface area contributed by atoms with Gasteiger partial charge in [-0.3, -0.25) is 0 Å². The van der Waals surface area contributed by atoms with Crippen molar-refractivity contribution in [2.45, 2.75) is 6.92 Å². The van der Waals surface area contributed by atoms with Crippen LogP contribution in [-0.2, 0) is 0 Å². The van der Waals surface area contributed by atoms with E-state index in [1.165, 1.54) is 0 Å². The first kappa shape index (κ1) is 14.3. The number of carbonyl (C=O) groups is 1. The molecule has 2 aromatic heterocycles. The summed E-state index contributed by atoms with van der Waals surface area (Å²) < 4.78 is 5.98. The molecule has 118 valence electrons. The molecule has 0 spiro atoms. The Kier molecular flexibility index (Phi) is 3.24. The number of aromatic amines is 1. The van der Waals surface area contributed by atoms with Gasteiger partial charge in [-0.25, -0.2) is 4.79 Å². The molecule has 2 N–H and O–H groups in total. The Labute approximate surface area is 138 Å². The van der Waals surface area contributed by atoms with E-state index in [0.29, 0.717) is 0 Å². The Morgan fingerprint density at radius 2 is 1.75 bits per heavy atom. The third kappa shape index (κ3) is 2.38. The average molecular weight is 317 g/mol. The third-order valence-corrected chi connectivity index (χ3v) is 4.14. The van der Waals surface area contributed by atoms with Crippen LogP contribution in [0.1, 0.15) is 15.9 Å². The minimum atomic E-state index is -0.925. The van der Waals surface area contributed by atoms with Gasteiger partial charge in [-0.1, -0.05) is 30.3 Å². The lowest BCUT2D eigenvalue weighted by Gasteiger charge is -1.99. The molecule has 4 nitrogen and oxygen atoms in total. The van der Waals surface area contributed by atoms with Crippen molar-refractivity contribution < 1.29 is 14.3 Å². The number of aromatic nitrogens is 1. The molecule has 0 atom stereocenters. The highest BCUT2D eigenvalue weighted by Crippen LogP contribution is 2.31. The van der Waals surface area contributed by atoms with E-state index in [-0.39, 0.29) is 5.56 Å². The van der Waals surface area contributed by atoms with E-state index in [1.807, 2.05) is 43.3 Å². The van der Waals surface area contributed by atoms with Gasteiger partial charge in [0.2, 0.25) is 0 Å². The fourth-order valence-electron chi connectivity index (χ4n) is 2.84. The summed E-state index contributed by atoms with van der Waals surface area (Å²) in [5, 5.41) is 10.0. The summed E-state index contributed by atoms with van der Waals surface area (Å²) in [4.78, 5) is 14.3. The monoisotopic (exact) mass is 317 g/mol. The lowest BCUT2D eigenvalue weighted by Crippen LogP contribution is -1.94. The van der Waals surface area contributed by atoms with Crippen molar-refractivity contribution in [2.75, 3.05) is 0 Å². The molecule has 2 aromatic carbocycles. The van der Waals surface area contributed by atoms with Crippen LogP contribution in [0.4, 0.5) is 0 Å². The Balaban J connectivity index is 1.71. The summed E-state index contributed by atoms with van der Waals surface area (Å²) in [5.41, 5.74) is 5.02. The van der Waals surface area contributed by atoms with Crippen molar-refractivity contribution in [3.8, 4) is 22.7 Å². The highest BCUT2D eigenvalue weighted by Gasteiger charge is 2.11. The molecular weight excluding hydrogens is 302 g/mol. The smallest absolute Gasteiger partial charge is 0.335 e. The zero-order valence-corrected chi connectivity index (χ0v) is 13.0. The fraction of sp³-hybridized carbons (Fsp3) is 0.0500. The molecule has 0 unspecified atom stereocenters. The second kappa shape index (κ2) is 5.42. The molecule has 4 heteroatoms. The molecule has 24 heavy (non-hydrogen) atoms. The van der Waals surface area contributed by atoms with Crippen LogP contribution in [0.15, 0.2) is 65.1 Å². The second-order valence-electron chi connectivity index (χ2n) is 5.77. The molecule has 0 fully saturated rings. The lowest BCUT2D eigenvalue weighted by molar-refractivity contribution is 0.0697. The van der Waals surface area contributed by atoms with Gasteiger partial charge in [0.1, 0.15) is 5.58 Å². The van der Waals surface area contributed by atoms with E-state index in [9.17, 15) is 4.79 Å². The first-order valence-electron chi connectivity index (χ1n) is 7.64. The number of furan rings is 1. The van der Waals surface area contributed by atoms with E-state index < -0.39 is 5.97 Å². The zero-order valence-electron chi connectivity index (χ0n) is 13.0. The van der Waals surface area contributed by atoms with Crippen molar-refractivity contribution in [1.82, 2.24) is 4.98 Å². The van der Waals surface area contributed by atoms with Crippen LogP contribution < -0.4 is 0 Å². The second-order valence-corrected chi connectivity index (χ2v) is 5.77. The summed E-state index contributed by atoms with van der Waals surface area (Å²) >= 11 is 0. The number of carboxylic acid groups (broad SMARTS) is 1. The number of hydrogen-bond acceptors (Lipinski definition) is 2. The van der Waals surface area contributed by atoms with E-state index >= 15 is 0 Å². The lowest BCUT2D eigenvalue weighted by atomic mass is 10.1. The topological polar surface area (TPSA) is 66.2 Å². The molecule has 0 radical (unpaired) electrons. The maximum atomic E-state index is 10.9. The molecule has 4 rings (SSSR count). The molecule has 0 bridgehead atoms. The first-order chi connectivity index (χ1) is 11.6. The Bertz CT molecular complexity index is 1040. The number of H-pyrrole nitrogens is 1. The number of nitrogens with one attached hydrogen (secondary N) is 1. The minimum Gasteiger partial charge on any atom is -0.478 e. The largest absolute Gasteiger partial charge is 0.478 e. The van der Waals surface area contributed by atoms with Gasteiger partial charge >= 0.3 is 5.97 Å². The summed E-state index contributed by atoms with van der Waals surface area (Å²) in [5.74, 6) is -0.140. The molecule has 0 saturated carbocycles. The SMILES string of the molecule is Cc1cccc2cc(-c3ccc(-c4ccc(C(=O)O)cc4)[nH]3)oc12. The zero-order chi connectivity index (χ0) is 16.7. The highest BCUT2D eigenvalue weighted by molar-refractivity contribution is 5.88. The Morgan fingerprint density at radius 1 is 1.00 bits per heavy atom. The number of benzene rings is 2. The summed E-state index contributed by atoms with van der Waals surface area (Å²) in [6.45, 7) is 2.03. The van der Waals surface area contributed by atoms with Crippen molar-refractivity contribution in [3.63, 3.8) is 0 Å². The Morgan fingerprint density at radius 3 is 2.46 bits per heavy atom. The normalized spacial score (nSPS) is 11.0. The first-order valence-corrected chi connectivity index (χ1v) is 7.64. The molecule has 0 saturated heterocycles. The summed E-state index contributed by atoms with van der Waals surface area (Å²) in [6, 6.07) is 18.8. The standard InChI is InChI=1S/C20H15NO3/c1-12-3-2-4-15-11-18(24-19(12)15)17-10-9-16(21-17)13-5-7-14(8-6-13)20(22)23/h2-11,21H,1H3,(H,22,23). The molecule has 2 heterocycles. The fourth-order valence-corrected chi connectivity index (χ4v) is 2.84. The van der Waals surface area contributed by atoms with Crippen LogP contribution in [-0.4, -0.2) is 16.1 Å². The molecule has 0 aliphatic carbocycles. The minimum absolute atomic E-state index is 0.276. The van der Waals surface area contributed by atoms with Gasteiger partial charge in [0.05, 0.1) is 11.3 Å². The third-order valence-electron chi connectivity index (χ3n) is 4.14. The van der Waals surface area contributed by atoms with Gasteiger partial charge in [-0.2, -0.15) is 0 Å². The summed E-state index contributed by atoms with van der Waals surface area (Å²) in [7, 11) is 0. The van der Waals surface area contributed by atoms with Crippen LogP contribution in [0.5, 0.6) is 0 Å². The molecule has 0 amide bonds. The predicted molar refractivity (Wildman–Crippen MR) is 93.1 cm³/mol. The van der Waals surface area contributed by atoms with E-state index in [4.69, 9.17) is 9.52 Å². The Hall–Kier alpha value is -3.27. The summed E-state index contributed by atoms with van der Waals surface area (Å²) in [6.07, 6.45) is 0. The number of para-hydroxylation sites is 1. The van der Waals surface area contributed by atoms with Crippen molar-refractivity contribution >= 4 is 16.9 Å². The van der Waals surface area contributed by atoms with Crippen LogP contribution >= 0.6 is 0 Å². The van der Waals surface area contributed by atoms with Crippen molar-refractivity contribution in [3.05, 3.63) is 71.8 Å². The van der Waals surface area contributed by atoms with Gasteiger partial charge < -0.3 is 14.5 Å². The van der Waals surface area contributed by atoms with E-state index in [0.717, 1.165) is 39.2 Å². The quantitative estimate of drug-likeness (QED) is 0.552. The van der Waals surface area contributed by atoms with E-state index in [2.05, 4.69) is 4.98 Å². The average Bonchev–Trinajstić information content (AvgIpc) is 3.22. The predicted octanol–water partition coefficient (Wildman–Crippen LogP) is 5.10. The van der Waals surface area contributed by atoms with Gasteiger partial charge in [0.25, 0.3) is 0 Å². The number of rotatable bonds is 3.